The quantitative estimate of drug-likeness (QED) is 0.103. The van der Waals surface area contributed by atoms with Gasteiger partial charge in [-0.05, 0) is 168 Å². The topological polar surface area (TPSA) is 91.3 Å². The number of phenols is 1. The minimum absolute atomic E-state index is 0.0676. The Kier molecular flexibility index (Phi) is 12.2. The normalized spacial score (nSPS) is 11.4. The number of ketones is 2. The van der Waals surface area contributed by atoms with Crippen molar-refractivity contribution in [3.05, 3.63) is 239 Å². The van der Waals surface area contributed by atoms with Crippen molar-refractivity contribution in [1.29, 1.82) is 0 Å². The lowest BCUT2D eigenvalue weighted by Gasteiger charge is -2.26. The van der Waals surface area contributed by atoms with E-state index in [0.29, 0.717) is 62.5 Å². The molecule has 0 saturated carbocycles. The number of rotatable bonds is 15. The summed E-state index contributed by atoms with van der Waals surface area (Å²) >= 11 is 0. The molecule has 1 N–H and O–H groups in total. The van der Waals surface area contributed by atoms with Gasteiger partial charge in [-0.25, -0.2) is 0 Å². The molecule has 0 spiro atoms. The predicted molar refractivity (Wildman–Crippen MR) is 251 cm³/mol. The van der Waals surface area contributed by atoms with Crippen LogP contribution in [0.25, 0.3) is 0 Å². The van der Waals surface area contributed by atoms with E-state index in [2.05, 4.69) is 52.0 Å². The molecule has 0 aliphatic rings. The third-order valence-electron chi connectivity index (χ3n) is 11.7. The van der Waals surface area contributed by atoms with Gasteiger partial charge in [0.05, 0.1) is 7.11 Å². The molecule has 0 bridgehead atoms. The Hall–Kier alpha value is -7.90. The van der Waals surface area contributed by atoms with Gasteiger partial charge in [-0.3, -0.25) is 9.59 Å². The Balaban J connectivity index is 0.830. The van der Waals surface area contributed by atoms with Gasteiger partial charge in [0, 0.05) is 33.1 Å². The second-order valence-corrected chi connectivity index (χ2v) is 16.6. The first-order valence-electron chi connectivity index (χ1n) is 21.0. The van der Waals surface area contributed by atoms with E-state index in [1.165, 1.54) is 0 Å². The zero-order chi connectivity index (χ0) is 44.8. The SMILES string of the molecule is COc1ccc(C(=O)c2ccc(Oc3ccc(C(C)(C)c4ccc(Oc5ccc(C(=O)c6ccc(Oc7ccc(C(C)(C)c8ccc(O)cc8)cc7)cc6)cc5)cc4)cc3)cc2)cc1. The molecule has 8 aromatic rings. The Labute approximate surface area is 374 Å². The summed E-state index contributed by atoms with van der Waals surface area (Å²) in [6, 6.07) is 59.8. The summed E-state index contributed by atoms with van der Waals surface area (Å²) in [5.74, 6) is 4.74. The minimum Gasteiger partial charge on any atom is -0.508 e. The van der Waals surface area contributed by atoms with Crippen molar-refractivity contribution < 1.29 is 33.6 Å². The van der Waals surface area contributed by atoms with Gasteiger partial charge in [-0.2, -0.15) is 0 Å². The van der Waals surface area contributed by atoms with Gasteiger partial charge >= 0.3 is 0 Å². The van der Waals surface area contributed by atoms with E-state index in [0.717, 1.165) is 22.3 Å². The van der Waals surface area contributed by atoms with Crippen LogP contribution in [-0.2, 0) is 10.8 Å². The third kappa shape index (κ3) is 9.59. The number of benzene rings is 8. The van der Waals surface area contributed by atoms with Crippen LogP contribution < -0.4 is 18.9 Å². The molecule has 8 aromatic carbocycles. The Morgan fingerprint density at radius 3 is 0.766 bits per heavy atom. The van der Waals surface area contributed by atoms with Gasteiger partial charge in [0.25, 0.3) is 0 Å². The lowest BCUT2D eigenvalue weighted by molar-refractivity contribution is 0.103. The number of carbonyl (C=O) groups excluding carboxylic acids is 2. The van der Waals surface area contributed by atoms with E-state index in [9.17, 15) is 14.7 Å². The highest BCUT2D eigenvalue weighted by Crippen LogP contribution is 2.36. The molecule has 0 aliphatic heterocycles. The third-order valence-corrected chi connectivity index (χ3v) is 11.7. The second kappa shape index (κ2) is 18.2. The average Bonchev–Trinajstić information content (AvgIpc) is 3.32. The number of hydrogen-bond donors (Lipinski definition) is 1. The van der Waals surface area contributed by atoms with Crippen LogP contribution in [0.2, 0.25) is 0 Å². The molecule has 0 atom stereocenters. The molecular weight excluding hydrogens is 797 g/mol. The summed E-state index contributed by atoms with van der Waals surface area (Å²) in [5.41, 5.74) is 6.18. The molecule has 7 heteroatoms. The van der Waals surface area contributed by atoms with Crippen molar-refractivity contribution in [3.63, 3.8) is 0 Å². The molecule has 8 rings (SSSR count). The Morgan fingerprint density at radius 2 is 0.531 bits per heavy atom. The Morgan fingerprint density at radius 1 is 0.328 bits per heavy atom. The highest BCUT2D eigenvalue weighted by Gasteiger charge is 2.25. The fraction of sp³-hybridized carbons (Fsp3) is 0.123. The maximum Gasteiger partial charge on any atom is 0.193 e. The molecule has 0 fully saturated rings. The zero-order valence-electron chi connectivity index (χ0n) is 36.4. The summed E-state index contributed by atoms with van der Waals surface area (Å²) in [6.07, 6.45) is 0. The number of methoxy groups -OCH3 is 1. The average molecular weight is 845 g/mol. The molecule has 0 unspecified atom stereocenters. The van der Waals surface area contributed by atoms with Crippen LogP contribution in [0, 0.1) is 0 Å². The highest BCUT2D eigenvalue weighted by molar-refractivity contribution is 6.09. The van der Waals surface area contributed by atoms with Gasteiger partial charge in [0.15, 0.2) is 11.6 Å². The summed E-state index contributed by atoms with van der Waals surface area (Å²) in [6.45, 7) is 8.64. The maximum absolute atomic E-state index is 13.4. The van der Waals surface area contributed by atoms with E-state index >= 15 is 0 Å². The fourth-order valence-electron chi connectivity index (χ4n) is 7.54. The number of carbonyl (C=O) groups is 2. The second-order valence-electron chi connectivity index (χ2n) is 16.6. The van der Waals surface area contributed by atoms with Crippen molar-refractivity contribution in [2.24, 2.45) is 0 Å². The molecule has 318 valence electrons. The van der Waals surface area contributed by atoms with Crippen LogP contribution in [0.4, 0.5) is 0 Å². The standard InChI is InChI=1S/C57H48O7/c1-56(2,42-14-22-46(58)23-15-42)43-16-32-51(33-17-43)62-49-28-10-40(11-29-49)55(60)41-12-30-50(31-13-41)64-53-36-20-45(21-37-53)57(3,4)44-18-34-52(35-19-44)63-48-26-8-39(9-27-48)54(59)38-6-24-47(61-5)25-7-38/h6-37,58H,1-5H3. The van der Waals surface area contributed by atoms with Crippen LogP contribution in [0.3, 0.4) is 0 Å². The van der Waals surface area contributed by atoms with Crippen molar-refractivity contribution in [2.45, 2.75) is 38.5 Å². The zero-order valence-corrected chi connectivity index (χ0v) is 36.4. The first kappa shape index (κ1) is 42.8. The molecule has 0 heterocycles. The lowest BCUT2D eigenvalue weighted by Crippen LogP contribution is -2.18. The van der Waals surface area contributed by atoms with Gasteiger partial charge in [-0.1, -0.05) is 76.2 Å². The van der Waals surface area contributed by atoms with E-state index in [1.54, 1.807) is 116 Å². The first-order chi connectivity index (χ1) is 30.8. The van der Waals surface area contributed by atoms with E-state index in [4.69, 9.17) is 18.9 Å². The smallest absolute Gasteiger partial charge is 0.193 e. The maximum atomic E-state index is 13.4. The van der Waals surface area contributed by atoms with E-state index in [1.807, 2.05) is 60.7 Å². The highest BCUT2D eigenvalue weighted by atomic mass is 16.5. The largest absolute Gasteiger partial charge is 0.508 e. The lowest BCUT2D eigenvalue weighted by atomic mass is 9.78. The van der Waals surface area contributed by atoms with Crippen molar-refractivity contribution in [2.75, 3.05) is 7.11 Å². The van der Waals surface area contributed by atoms with Crippen LogP contribution >= 0.6 is 0 Å². The molecule has 0 saturated heterocycles. The first-order valence-corrected chi connectivity index (χ1v) is 21.0. The Bertz CT molecular complexity index is 2840. The molecule has 64 heavy (non-hydrogen) atoms. The van der Waals surface area contributed by atoms with E-state index < -0.39 is 0 Å². The summed E-state index contributed by atoms with van der Waals surface area (Å²) in [5, 5.41) is 9.69. The number of aromatic hydroxyl groups is 1. The molecule has 0 aromatic heterocycles. The number of hydrogen-bond acceptors (Lipinski definition) is 7. The van der Waals surface area contributed by atoms with Crippen LogP contribution in [0.15, 0.2) is 194 Å². The summed E-state index contributed by atoms with van der Waals surface area (Å²) in [4.78, 5) is 26.3. The van der Waals surface area contributed by atoms with Gasteiger partial charge in [-0.15, -0.1) is 0 Å². The van der Waals surface area contributed by atoms with Crippen LogP contribution in [0.5, 0.6) is 46.0 Å². The fourth-order valence-corrected chi connectivity index (χ4v) is 7.54. The van der Waals surface area contributed by atoms with E-state index in [-0.39, 0.29) is 28.1 Å². The van der Waals surface area contributed by atoms with Crippen molar-refractivity contribution in [1.82, 2.24) is 0 Å². The van der Waals surface area contributed by atoms with Gasteiger partial charge in [0.1, 0.15) is 46.0 Å². The number of ether oxygens (including phenoxy) is 4. The predicted octanol–water partition coefficient (Wildman–Crippen LogP) is 13.9. The molecular formula is C57H48O7. The van der Waals surface area contributed by atoms with Crippen LogP contribution in [-0.4, -0.2) is 23.8 Å². The summed E-state index contributed by atoms with van der Waals surface area (Å²) in [7, 11) is 1.60. The molecule has 7 nitrogen and oxygen atoms in total. The number of phenolic OH excluding ortho intramolecular Hbond substituents is 1. The molecule has 0 radical (unpaired) electrons. The van der Waals surface area contributed by atoms with Gasteiger partial charge < -0.3 is 24.1 Å². The molecule has 0 amide bonds. The van der Waals surface area contributed by atoms with Crippen molar-refractivity contribution >= 4 is 11.6 Å². The van der Waals surface area contributed by atoms with Crippen LogP contribution in [0.1, 0.15) is 81.8 Å². The minimum atomic E-state index is -0.300. The molecule has 0 aliphatic carbocycles. The van der Waals surface area contributed by atoms with Gasteiger partial charge in [0.2, 0.25) is 0 Å². The summed E-state index contributed by atoms with van der Waals surface area (Å²) < 4.78 is 23.6. The monoisotopic (exact) mass is 844 g/mol. The van der Waals surface area contributed by atoms with Crippen molar-refractivity contribution in [3.8, 4) is 46.0 Å².